The number of benzene rings is 1. The monoisotopic (exact) mass is 269 g/mol. The van der Waals surface area contributed by atoms with Crippen molar-refractivity contribution in [3.05, 3.63) is 12.1 Å². The molecule has 0 heterocycles. The van der Waals surface area contributed by atoms with E-state index in [0.29, 0.717) is 6.07 Å². The van der Waals surface area contributed by atoms with Crippen molar-refractivity contribution in [1.29, 1.82) is 0 Å². The Morgan fingerprint density at radius 1 is 1.06 bits per heavy atom. The van der Waals surface area contributed by atoms with Gasteiger partial charge in [0.05, 0.1) is 4.90 Å². The predicted octanol–water partition coefficient (Wildman–Crippen LogP) is -0.751. The van der Waals surface area contributed by atoms with Gasteiger partial charge in [-0.25, -0.2) is 8.42 Å². The fourth-order valence-electron chi connectivity index (χ4n) is 0.908. The molecular weight excluding hydrogens is 264 g/mol. The normalized spacial score (nSPS) is 12.6. The van der Waals surface area contributed by atoms with Gasteiger partial charge in [0.1, 0.15) is 15.0 Å². The number of aromatic hydroxyl groups is 2. The van der Waals surface area contributed by atoms with Gasteiger partial charge in [0.2, 0.25) is 0 Å². The molecule has 16 heavy (non-hydrogen) atoms. The molecule has 0 saturated heterocycles. The van der Waals surface area contributed by atoms with Gasteiger partial charge >= 0.3 is 0 Å². The molecule has 8 nitrogen and oxygen atoms in total. The van der Waals surface area contributed by atoms with Crippen LogP contribution in [0.3, 0.4) is 0 Å². The maximum Gasteiger partial charge on any atom is 0.294 e. The van der Waals surface area contributed by atoms with Crippen LogP contribution >= 0.6 is 0 Å². The summed E-state index contributed by atoms with van der Waals surface area (Å²) in [7, 11) is -9.97. The molecule has 1 aromatic carbocycles. The van der Waals surface area contributed by atoms with Crippen molar-refractivity contribution in [2.75, 3.05) is 0 Å². The van der Waals surface area contributed by atoms with E-state index >= 15 is 0 Å². The minimum atomic E-state index is -5.17. The van der Waals surface area contributed by atoms with E-state index < -0.39 is 41.5 Å². The number of hydrogen-bond acceptors (Lipinski definition) is 7. The van der Waals surface area contributed by atoms with Crippen molar-refractivity contribution >= 4 is 20.2 Å². The average molecular weight is 269 g/mol. The number of rotatable bonds is 2. The number of phenols is 2. The van der Waals surface area contributed by atoms with Gasteiger partial charge in [-0.05, 0) is 6.07 Å². The summed E-state index contributed by atoms with van der Waals surface area (Å²) in [5, 5.41) is 18.0. The Morgan fingerprint density at radius 2 is 1.56 bits per heavy atom. The van der Waals surface area contributed by atoms with Crippen LogP contribution in [0.2, 0.25) is 0 Å². The van der Waals surface area contributed by atoms with Gasteiger partial charge in [-0.1, -0.05) is 0 Å². The van der Waals surface area contributed by atoms with Gasteiger partial charge in [0.15, 0.2) is 11.5 Å². The van der Waals surface area contributed by atoms with Crippen LogP contribution < -0.4 is 0 Å². The Kier molecular flexibility index (Phi) is 2.85. The first kappa shape index (κ1) is 12.7. The van der Waals surface area contributed by atoms with Gasteiger partial charge in [-0.15, -0.1) is 0 Å². The van der Waals surface area contributed by atoms with E-state index in [9.17, 15) is 21.4 Å². The molecule has 0 amide bonds. The minimum absolute atomic E-state index is 0.243. The van der Waals surface area contributed by atoms with Gasteiger partial charge in [0, 0.05) is 6.07 Å². The second-order valence-corrected chi connectivity index (χ2v) is 5.49. The largest absolute Gasteiger partial charge is 0.744 e. The molecule has 10 heteroatoms. The topological polar surface area (TPSA) is 152 Å². The molecule has 0 aliphatic carbocycles. The highest BCUT2D eigenvalue weighted by Crippen LogP contribution is 2.34. The van der Waals surface area contributed by atoms with Crippen LogP contribution in [0.25, 0.3) is 0 Å². The van der Waals surface area contributed by atoms with Gasteiger partial charge in [0.25, 0.3) is 10.1 Å². The van der Waals surface area contributed by atoms with E-state index in [1.807, 2.05) is 0 Å². The van der Waals surface area contributed by atoms with Gasteiger partial charge in [-0.2, -0.15) is 8.42 Å². The Balaban J connectivity index is 3.72. The summed E-state index contributed by atoms with van der Waals surface area (Å²) in [6.07, 6.45) is 0. The van der Waals surface area contributed by atoms with E-state index in [0.717, 1.165) is 0 Å². The van der Waals surface area contributed by atoms with Crippen molar-refractivity contribution in [3.63, 3.8) is 0 Å². The molecule has 1 aromatic rings. The zero-order valence-electron chi connectivity index (χ0n) is 7.35. The Morgan fingerprint density at radius 3 is 1.94 bits per heavy atom. The third-order valence-corrected chi connectivity index (χ3v) is 3.28. The molecule has 0 aromatic heterocycles. The molecule has 90 valence electrons. The van der Waals surface area contributed by atoms with E-state index in [2.05, 4.69) is 0 Å². The van der Waals surface area contributed by atoms with Crippen LogP contribution in [-0.4, -0.2) is 36.2 Å². The molecule has 0 fully saturated rings. The van der Waals surface area contributed by atoms with Gasteiger partial charge < -0.3 is 14.8 Å². The quantitative estimate of drug-likeness (QED) is 0.468. The second kappa shape index (κ2) is 3.59. The summed E-state index contributed by atoms with van der Waals surface area (Å²) in [6.45, 7) is 0. The van der Waals surface area contributed by atoms with Crippen molar-refractivity contribution < 1.29 is 36.2 Å². The van der Waals surface area contributed by atoms with Crippen LogP contribution in [0, 0.1) is 0 Å². The lowest BCUT2D eigenvalue weighted by Gasteiger charge is -2.11. The van der Waals surface area contributed by atoms with Crippen molar-refractivity contribution in [2.45, 2.75) is 9.79 Å². The van der Waals surface area contributed by atoms with Crippen LogP contribution in [0.15, 0.2) is 21.9 Å². The molecule has 0 saturated carbocycles. The molecule has 3 N–H and O–H groups in total. The SMILES string of the molecule is O=S(=O)([O-])c1cc(S(=O)(=O)O)cc(O)c1O. The number of hydrogen-bond donors (Lipinski definition) is 3. The standard InChI is InChI=1S/C6H6O8S2/c7-4-1-3(15(9,10)11)2-5(6(4)8)16(12,13)14/h1-2,7-8H,(H,9,10,11)(H,12,13,14)/p-1. The first-order valence-corrected chi connectivity index (χ1v) is 6.37. The molecule has 0 aliphatic heterocycles. The lowest BCUT2D eigenvalue weighted by atomic mass is 10.3. The third-order valence-electron chi connectivity index (χ3n) is 1.60. The first-order valence-electron chi connectivity index (χ1n) is 3.53. The highest BCUT2D eigenvalue weighted by Gasteiger charge is 2.19. The molecule has 0 atom stereocenters. The third kappa shape index (κ3) is 2.41. The summed E-state index contributed by atoms with van der Waals surface area (Å²) in [5.74, 6) is -2.42. The summed E-state index contributed by atoms with van der Waals surface area (Å²) in [4.78, 5) is -2.35. The summed E-state index contributed by atoms with van der Waals surface area (Å²) >= 11 is 0. The lowest BCUT2D eigenvalue weighted by Crippen LogP contribution is -2.04. The van der Waals surface area contributed by atoms with Crippen LogP contribution in [0.5, 0.6) is 11.5 Å². The molecule has 0 unspecified atom stereocenters. The van der Waals surface area contributed by atoms with E-state index in [-0.39, 0.29) is 6.07 Å². The zero-order chi connectivity index (χ0) is 12.7. The van der Waals surface area contributed by atoms with Crippen molar-refractivity contribution in [2.24, 2.45) is 0 Å². The molecular formula is C6H5O8S2-. The molecule has 0 spiro atoms. The van der Waals surface area contributed by atoms with Crippen molar-refractivity contribution in [3.8, 4) is 11.5 Å². The minimum Gasteiger partial charge on any atom is -0.744 e. The zero-order valence-corrected chi connectivity index (χ0v) is 8.99. The van der Waals surface area contributed by atoms with E-state index in [1.165, 1.54) is 0 Å². The van der Waals surface area contributed by atoms with E-state index in [1.54, 1.807) is 0 Å². The fraction of sp³-hybridized carbons (Fsp3) is 0. The Bertz CT molecular complexity index is 627. The fourth-order valence-corrected chi connectivity index (χ4v) is 2.12. The highest BCUT2D eigenvalue weighted by molar-refractivity contribution is 7.86. The maximum absolute atomic E-state index is 10.6. The van der Waals surface area contributed by atoms with Crippen LogP contribution in [0.4, 0.5) is 0 Å². The maximum atomic E-state index is 10.6. The second-order valence-electron chi connectivity index (χ2n) is 2.72. The molecule has 0 radical (unpaired) electrons. The van der Waals surface area contributed by atoms with Crippen molar-refractivity contribution in [1.82, 2.24) is 0 Å². The molecule has 0 aliphatic rings. The summed E-state index contributed by atoms with van der Waals surface area (Å²) in [6, 6.07) is 0.645. The van der Waals surface area contributed by atoms with Gasteiger partial charge in [-0.3, -0.25) is 4.55 Å². The summed E-state index contributed by atoms with van der Waals surface area (Å²) < 4.78 is 61.6. The number of phenolic OH excluding ortho intramolecular Hbond substituents is 2. The lowest BCUT2D eigenvalue weighted by molar-refractivity contribution is 0.385. The smallest absolute Gasteiger partial charge is 0.294 e. The summed E-state index contributed by atoms with van der Waals surface area (Å²) in [5.41, 5.74) is 0. The van der Waals surface area contributed by atoms with E-state index in [4.69, 9.17) is 14.8 Å². The molecule has 1 rings (SSSR count). The van der Waals surface area contributed by atoms with Crippen LogP contribution in [0.1, 0.15) is 0 Å². The Labute approximate surface area is 90.3 Å². The average Bonchev–Trinajstić information content (AvgIpc) is 2.05. The predicted molar refractivity (Wildman–Crippen MR) is 47.5 cm³/mol. The Hall–Kier alpha value is -1.36. The van der Waals surface area contributed by atoms with Crippen LogP contribution in [-0.2, 0) is 20.2 Å². The first-order chi connectivity index (χ1) is 7.03. The molecule has 0 bridgehead atoms. The highest BCUT2D eigenvalue weighted by atomic mass is 32.2.